The third-order valence-corrected chi connectivity index (χ3v) is 7.20. The van der Waals surface area contributed by atoms with E-state index in [-0.39, 0.29) is 26.9 Å². The lowest BCUT2D eigenvalue weighted by Gasteiger charge is -2.21. The SMILES string of the molecule is O=C(Nc1cc(Cl)ccc1O)c1ccc(Cl)c(S(=O)(=O)N2CCCCCC2)c1. The zero-order valence-electron chi connectivity index (χ0n) is 15.0. The molecule has 150 valence electrons. The van der Waals surface area contributed by atoms with Crippen LogP contribution in [0.4, 0.5) is 5.69 Å². The summed E-state index contributed by atoms with van der Waals surface area (Å²) in [5, 5.41) is 12.8. The van der Waals surface area contributed by atoms with Gasteiger partial charge in [0.05, 0.1) is 10.7 Å². The van der Waals surface area contributed by atoms with Crippen molar-refractivity contribution in [3.8, 4) is 5.75 Å². The number of amides is 1. The molecule has 0 unspecified atom stereocenters. The van der Waals surface area contributed by atoms with Crippen LogP contribution in [0.3, 0.4) is 0 Å². The number of benzene rings is 2. The predicted octanol–water partition coefficient (Wildman–Crippen LogP) is 4.52. The Kier molecular flexibility index (Phi) is 6.50. The minimum atomic E-state index is -3.81. The third-order valence-electron chi connectivity index (χ3n) is 4.58. The smallest absolute Gasteiger partial charge is 0.255 e. The summed E-state index contributed by atoms with van der Waals surface area (Å²) >= 11 is 12.0. The molecule has 2 N–H and O–H groups in total. The second-order valence-corrected chi connectivity index (χ2v) is 9.33. The number of carbonyl (C=O) groups is 1. The number of sulfonamides is 1. The topological polar surface area (TPSA) is 86.7 Å². The van der Waals surface area contributed by atoms with E-state index >= 15 is 0 Å². The molecule has 0 saturated carbocycles. The molecule has 2 aromatic carbocycles. The quantitative estimate of drug-likeness (QED) is 0.681. The largest absolute Gasteiger partial charge is 0.506 e. The summed E-state index contributed by atoms with van der Waals surface area (Å²) in [4.78, 5) is 12.5. The van der Waals surface area contributed by atoms with Crippen molar-refractivity contribution in [2.45, 2.75) is 30.6 Å². The van der Waals surface area contributed by atoms with Crippen LogP contribution in [0.2, 0.25) is 10.0 Å². The van der Waals surface area contributed by atoms with Crippen LogP contribution in [0, 0.1) is 0 Å². The van der Waals surface area contributed by atoms with E-state index in [4.69, 9.17) is 23.2 Å². The molecule has 0 bridgehead atoms. The molecule has 6 nitrogen and oxygen atoms in total. The Morgan fingerprint density at radius 2 is 1.68 bits per heavy atom. The molecule has 1 aliphatic heterocycles. The summed E-state index contributed by atoms with van der Waals surface area (Å²) in [6.45, 7) is 0.872. The van der Waals surface area contributed by atoms with Crippen molar-refractivity contribution < 1.29 is 18.3 Å². The van der Waals surface area contributed by atoms with Crippen molar-refractivity contribution in [1.29, 1.82) is 0 Å². The number of phenolic OH excluding ortho intramolecular Hbond substituents is 1. The highest BCUT2D eigenvalue weighted by molar-refractivity contribution is 7.89. The Bertz CT molecular complexity index is 987. The lowest BCUT2D eigenvalue weighted by molar-refractivity contribution is 0.102. The van der Waals surface area contributed by atoms with E-state index in [2.05, 4.69) is 5.32 Å². The van der Waals surface area contributed by atoms with E-state index in [1.54, 1.807) is 0 Å². The van der Waals surface area contributed by atoms with Gasteiger partial charge < -0.3 is 10.4 Å². The molecule has 1 fully saturated rings. The van der Waals surface area contributed by atoms with Gasteiger partial charge in [0.2, 0.25) is 10.0 Å². The Labute approximate surface area is 174 Å². The lowest BCUT2D eigenvalue weighted by atomic mass is 10.2. The van der Waals surface area contributed by atoms with Gasteiger partial charge in [0, 0.05) is 23.7 Å². The number of rotatable bonds is 4. The van der Waals surface area contributed by atoms with Crippen molar-refractivity contribution in [1.82, 2.24) is 4.31 Å². The van der Waals surface area contributed by atoms with Crippen LogP contribution >= 0.6 is 23.2 Å². The number of hydrogen-bond donors (Lipinski definition) is 2. The van der Waals surface area contributed by atoms with Crippen LogP contribution < -0.4 is 5.32 Å². The number of carbonyl (C=O) groups excluding carboxylic acids is 1. The highest BCUT2D eigenvalue weighted by Gasteiger charge is 2.28. The van der Waals surface area contributed by atoms with E-state index in [0.29, 0.717) is 18.1 Å². The van der Waals surface area contributed by atoms with Gasteiger partial charge in [-0.3, -0.25) is 4.79 Å². The molecule has 0 spiro atoms. The van der Waals surface area contributed by atoms with Crippen LogP contribution in [-0.2, 0) is 10.0 Å². The van der Waals surface area contributed by atoms with Gasteiger partial charge >= 0.3 is 0 Å². The fourth-order valence-corrected chi connectivity index (χ4v) is 5.26. The molecule has 0 radical (unpaired) electrons. The number of aromatic hydroxyl groups is 1. The van der Waals surface area contributed by atoms with Crippen molar-refractivity contribution >= 4 is 44.8 Å². The summed E-state index contributed by atoms with van der Waals surface area (Å²) < 4.78 is 27.5. The number of phenols is 1. The van der Waals surface area contributed by atoms with Gasteiger partial charge in [-0.2, -0.15) is 4.31 Å². The van der Waals surface area contributed by atoms with Gasteiger partial charge in [-0.05, 0) is 49.2 Å². The molecule has 3 rings (SSSR count). The molecular weight excluding hydrogens is 423 g/mol. The Morgan fingerprint density at radius 3 is 2.36 bits per heavy atom. The van der Waals surface area contributed by atoms with E-state index in [1.165, 1.54) is 40.7 Å². The van der Waals surface area contributed by atoms with Crippen LogP contribution in [0.5, 0.6) is 5.75 Å². The van der Waals surface area contributed by atoms with Gasteiger partial charge in [0.15, 0.2) is 0 Å². The third kappa shape index (κ3) is 4.60. The first-order chi connectivity index (χ1) is 13.3. The molecule has 2 aromatic rings. The van der Waals surface area contributed by atoms with Crippen LogP contribution in [-0.4, -0.2) is 36.8 Å². The minimum absolute atomic E-state index is 0.0615. The summed E-state index contributed by atoms with van der Waals surface area (Å²) in [5.74, 6) is -0.731. The second-order valence-electron chi connectivity index (χ2n) is 6.58. The summed E-state index contributed by atoms with van der Waals surface area (Å²) in [5.41, 5.74) is 0.238. The van der Waals surface area contributed by atoms with Gasteiger partial charge in [-0.1, -0.05) is 36.0 Å². The standard InChI is InChI=1S/C19H20Cl2N2O4S/c20-14-6-8-17(24)16(12-14)22-19(25)13-5-7-15(21)18(11-13)28(26,27)23-9-3-1-2-4-10-23/h5-8,11-12,24H,1-4,9-10H2,(H,22,25). The minimum Gasteiger partial charge on any atom is -0.506 e. The summed E-state index contributed by atoms with van der Waals surface area (Å²) in [6, 6.07) is 8.33. The number of nitrogens with one attached hydrogen (secondary N) is 1. The van der Waals surface area contributed by atoms with Crippen molar-refractivity contribution in [2.75, 3.05) is 18.4 Å². The fraction of sp³-hybridized carbons (Fsp3) is 0.316. The molecule has 0 atom stereocenters. The molecule has 0 aliphatic carbocycles. The molecule has 1 amide bonds. The maximum atomic E-state index is 13.0. The van der Waals surface area contributed by atoms with Gasteiger partial charge in [-0.25, -0.2) is 8.42 Å². The van der Waals surface area contributed by atoms with E-state index in [1.807, 2.05) is 0 Å². The highest BCUT2D eigenvalue weighted by Crippen LogP contribution is 2.30. The summed E-state index contributed by atoms with van der Waals surface area (Å²) in [6.07, 6.45) is 3.58. The molecule has 1 aliphatic rings. The summed E-state index contributed by atoms with van der Waals surface area (Å²) in [7, 11) is -3.81. The molecule has 0 aromatic heterocycles. The van der Waals surface area contributed by atoms with Crippen LogP contribution in [0.15, 0.2) is 41.3 Å². The number of nitrogens with zero attached hydrogens (tertiary/aromatic N) is 1. The van der Waals surface area contributed by atoms with Gasteiger partial charge in [0.25, 0.3) is 5.91 Å². The van der Waals surface area contributed by atoms with Gasteiger partial charge in [0.1, 0.15) is 10.6 Å². The lowest BCUT2D eigenvalue weighted by Crippen LogP contribution is -2.32. The average Bonchev–Trinajstić information content (AvgIpc) is 2.95. The monoisotopic (exact) mass is 442 g/mol. The van der Waals surface area contributed by atoms with Crippen LogP contribution in [0.25, 0.3) is 0 Å². The number of hydrogen-bond acceptors (Lipinski definition) is 4. The van der Waals surface area contributed by atoms with E-state index in [9.17, 15) is 18.3 Å². The maximum absolute atomic E-state index is 13.0. The molecular formula is C19H20Cl2N2O4S. The predicted molar refractivity (Wildman–Crippen MR) is 110 cm³/mol. The Morgan fingerprint density at radius 1 is 1.00 bits per heavy atom. The van der Waals surface area contributed by atoms with Crippen molar-refractivity contribution in [3.05, 3.63) is 52.0 Å². The molecule has 1 saturated heterocycles. The van der Waals surface area contributed by atoms with E-state index < -0.39 is 15.9 Å². The van der Waals surface area contributed by atoms with Crippen molar-refractivity contribution in [3.63, 3.8) is 0 Å². The average molecular weight is 443 g/mol. The highest BCUT2D eigenvalue weighted by atomic mass is 35.5. The first kappa shape index (κ1) is 20.9. The second kappa shape index (κ2) is 8.69. The first-order valence-corrected chi connectivity index (χ1v) is 11.1. The zero-order valence-corrected chi connectivity index (χ0v) is 17.3. The molecule has 9 heteroatoms. The van der Waals surface area contributed by atoms with Gasteiger partial charge in [-0.15, -0.1) is 0 Å². The number of halogens is 2. The Balaban J connectivity index is 1.90. The number of anilines is 1. The van der Waals surface area contributed by atoms with Crippen molar-refractivity contribution in [2.24, 2.45) is 0 Å². The fourth-order valence-electron chi connectivity index (χ4n) is 3.07. The maximum Gasteiger partial charge on any atom is 0.255 e. The molecule has 28 heavy (non-hydrogen) atoms. The Hall–Kier alpha value is -1.80. The first-order valence-electron chi connectivity index (χ1n) is 8.88. The zero-order chi connectivity index (χ0) is 20.3. The van der Waals surface area contributed by atoms with Crippen LogP contribution in [0.1, 0.15) is 36.0 Å². The normalized spacial score (nSPS) is 15.8. The molecule has 1 heterocycles. The van der Waals surface area contributed by atoms with E-state index in [0.717, 1.165) is 25.7 Å².